The van der Waals surface area contributed by atoms with Crippen LogP contribution in [0.5, 0.6) is 0 Å². The van der Waals surface area contributed by atoms with E-state index in [2.05, 4.69) is 10.6 Å². The summed E-state index contributed by atoms with van der Waals surface area (Å²) < 4.78 is 13.3. The van der Waals surface area contributed by atoms with Gasteiger partial charge in [-0.25, -0.2) is 4.39 Å². The van der Waals surface area contributed by atoms with Gasteiger partial charge in [0.05, 0.1) is 0 Å². The predicted octanol–water partition coefficient (Wildman–Crippen LogP) is 2.06. The van der Waals surface area contributed by atoms with Crippen molar-refractivity contribution in [3.05, 3.63) is 35.6 Å². The number of benzene rings is 1. The summed E-state index contributed by atoms with van der Waals surface area (Å²) in [6.07, 6.45) is 3.81. The summed E-state index contributed by atoms with van der Waals surface area (Å²) in [5, 5.41) is 6.77. The maximum Gasteiger partial charge on any atom is 0.127 e. The van der Waals surface area contributed by atoms with Crippen LogP contribution >= 0.6 is 0 Å². The van der Waals surface area contributed by atoms with E-state index in [-0.39, 0.29) is 5.82 Å². The Morgan fingerprint density at radius 2 is 2.19 bits per heavy atom. The smallest absolute Gasteiger partial charge is 0.127 e. The fourth-order valence-electron chi connectivity index (χ4n) is 2.12. The van der Waals surface area contributed by atoms with Gasteiger partial charge in [0.15, 0.2) is 0 Å². The molecule has 1 unspecified atom stereocenters. The Labute approximate surface area is 96.2 Å². The van der Waals surface area contributed by atoms with Crippen molar-refractivity contribution in [2.75, 3.05) is 13.1 Å². The van der Waals surface area contributed by atoms with Crippen molar-refractivity contribution in [3.63, 3.8) is 0 Å². The van der Waals surface area contributed by atoms with Gasteiger partial charge in [0.25, 0.3) is 0 Å². The zero-order valence-corrected chi connectivity index (χ0v) is 9.51. The first-order valence-corrected chi connectivity index (χ1v) is 6.04. The summed E-state index contributed by atoms with van der Waals surface area (Å²) in [6, 6.07) is 7.49. The molecule has 2 N–H and O–H groups in total. The highest BCUT2D eigenvalue weighted by molar-refractivity contribution is 5.16. The fourth-order valence-corrected chi connectivity index (χ4v) is 2.12. The van der Waals surface area contributed by atoms with E-state index in [0.717, 1.165) is 18.7 Å². The van der Waals surface area contributed by atoms with E-state index < -0.39 is 0 Å². The van der Waals surface area contributed by atoms with Crippen molar-refractivity contribution in [1.29, 1.82) is 0 Å². The molecule has 1 aliphatic rings. The van der Waals surface area contributed by atoms with Gasteiger partial charge in [-0.3, -0.25) is 0 Å². The van der Waals surface area contributed by atoms with Crippen LogP contribution in [0.2, 0.25) is 0 Å². The quantitative estimate of drug-likeness (QED) is 0.815. The molecular weight excluding hydrogens is 203 g/mol. The summed E-state index contributed by atoms with van der Waals surface area (Å²) in [5.74, 6) is -0.119. The van der Waals surface area contributed by atoms with E-state index >= 15 is 0 Å². The van der Waals surface area contributed by atoms with Crippen molar-refractivity contribution in [1.82, 2.24) is 10.6 Å². The van der Waals surface area contributed by atoms with Crippen LogP contribution in [-0.2, 0) is 6.54 Å². The van der Waals surface area contributed by atoms with Gasteiger partial charge in [-0.05, 0) is 25.5 Å². The maximum absolute atomic E-state index is 13.3. The Kier molecular flexibility index (Phi) is 4.31. The van der Waals surface area contributed by atoms with Crippen LogP contribution in [0.1, 0.15) is 24.8 Å². The molecule has 1 aliphatic heterocycles. The average molecular weight is 222 g/mol. The molecule has 2 rings (SSSR count). The molecule has 0 aromatic heterocycles. The Hall–Kier alpha value is -0.930. The molecule has 1 heterocycles. The number of piperidine rings is 1. The summed E-state index contributed by atoms with van der Waals surface area (Å²) in [6.45, 7) is 2.66. The second kappa shape index (κ2) is 5.97. The summed E-state index contributed by atoms with van der Waals surface area (Å²) in [4.78, 5) is 0. The van der Waals surface area contributed by atoms with E-state index in [4.69, 9.17) is 0 Å². The van der Waals surface area contributed by atoms with Crippen LogP contribution in [0.15, 0.2) is 24.3 Å². The monoisotopic (exact) mass is 222 g/mol. The van der Waals surface area contributed by atoms with Gasteiger partial charge >= 0.3 is 0 Å². The third-order valence-electron chi connectivity index (χ3n) is 3.08. The van der Waals surface area contributed by atoms with E-state index in [0.29, 0.717) is 12.6 Å². The summed E-state index contributed by atoms with van der Waals surface area (Å²) >= 11 is 0. The van der Waals surface area contributed by atoms with Gasteiger partial charge in [-0.15, -0.1) is 0 Å². The van der Waals surface area contributed by atoms with E-state index in [1.807, 2.05) is 12.1 Å². The minimum atomic E-state index is -0.119. The van der Waals surface area contributed by atoms with Crippen molar-refractivity contribution in [2.24, 2.45) is 0 Å². The lowest BCUT2D eigenvalue weighted by Crippen LogP contribution is -2.41. The molecule has 88 valence electrons. The Balaban J connectivity index is 1.73. The normalized spacial score (nSPS) is 20.9. The number of nitrogens with one attached hydrogen (secondary N) is 2. The second-order valence-corrected chi connectivity index (χ2v) is 4.37. The van der Waals surface area contributed by atoms with Crippen molar-refractivity contribution < 1.29 is 4.39 Å². The molecule has 2 nitrogen and oxygen atoms in total. The fraction of sp³-hybridized carbons (Fsp3) is 0.538. The largest absolute Gasteiger partial charge is 0.313 e. The molecule has 0 saturated carbocycles. The van der Waals surface area contributed by atoms with Gasteiger partial charge in [0.2, 0.25) is 0 Å². The van der Waals surface area contributed by atoms with Gasteiger partial charge in [0, 0.05) is 24.7 Å². The topological polar surface area (TPSA) is 24.1 Å². The molecule has 0 amide bonds. The first-order chi connectivity index (χ1) is 7.86. The van der Waals surface area contributed by atoms with Crippen LogP contribution in [0.4, 0.5) is 4.39 Å². The van der Waals surface area contributed by atoms with E-state index in [9.17, 15) is 4.39 Å². The van der Waals surface area contributed by atoms with Gasteiger partial charge in [0.1, 0.15) is 5.82 Å². The predicted molar refractivity (Wildman–Crippen MR) is 63.7 cm³/mol. The minimum Gasteiger partial charge on any atom is -0.313 e. The first kappa shape index (κ1) is 11.6. The van der Waals surface area contributed by atoms with Gasteiger partial charge in [-0.1, -0.05) is 24.6 Å². The molecule has 1 atom stereocenters. The van der Waals surface area contributed by atoms with Crippen molar-refractivity contribution in [3.8, 4) is 0 Å². The summed E-state index contributed by atoms with van der Waals surface area (Å²) in [7, 11) is 0. The molecule has 0 bridgehead atoms. The van der Waals surface area contributed by atoms with Crippen LogP contribution in [0.25, 0.3) is 0 Å². The zero-order valence-electron chi connectivity index (χ0n) is 9.51. The van der Waals surface area contributed by atoms with Crippen LogP contribution in [-0.4, -0.2) is 19.1 Å². The lowest BCUT2D eigenvalue weighted by molar-refractivity contribution is 0.382. The lowest BCUT2D eigenvalue weighted by Gasteiger charge is -2.23. The molecule has 1 saturated heterocycles. The molecule has 0 spiro atoms. The lowest BCUT2D eigenvalue weighted by atomic mass is 10.1. The highest BCUT2D eigenvalue weighted by Crippen LogP contribution is 2.08. The van der Waals surface area contributed by atoms with Crippen LogP contribution in [0.3, 0.4) is 0 Å². The Morgan fingerprint density at radius 1 is 1.31 bits per heavy atom. The molecule has 1 fully saturated rings. The van der Waals surface area contributed by atoms with Crippen LogP contribution in [0, 0.1) is 5.82 Å². The highest BCUT2D eigenvalue weighted by atomic mass is 19.1. The second-order valence-electron chi connectivity index (χ2n) is 4.37. The molecule has 0 radical (unpaired) electrons. The van der Waals surface area contributed by atoms with Crippen molar-refractivity contribution in [2.45, 2.75) is 31.8 Å². The first-order valence-electron chi connectivity index (χ1n) is 6.04. The zero-order chi connectivity index (χ0) is 11.2. The molecule has 1 aromatic rings. The number of rotatable bonds is 4. The highest BCUT2D eigenvalue weighted by Gasteiger charge is 2.11. The standard InChI is InChI=1S/C13H19FN2/c14-13-7-2-1-5-11(13)9-15-10-12-6-3-4-8-16-12/h1-2,5,7,12,15-16H,3-4,6,8-10H2. The molecule has 0 aliphatic carbocycles. The number of hydrogen-bond acceptors (Lipinski definition) is 2. The van der Waals surface area contributed by atoms with E-state index in [1.165, 1.54) is 25.3 Å². The Bertz CT molecular complexity index is 321. The molecule has 1 aromatic carbocycles. The SMILES string of the molecule is Fc1ccccc1CNCC1CCCCN1. The number of hydrogen-bond donors (Lipinski definition) is 2. The molecule has 3 heteroatoms. The summed E-state index contributed by atoms with van der Waals surface area (Å²) in [5.41, 5.74) is 0.748. The number of halogens is 1. The van der Waals surface area contributed by atoms with Crippen LogP contribution < -0.4 is 10.6 Å². The maximum atomic E-state index is 13.3. The molecule has 16 heavy (non-hydrogen) atoms. The minimum absolute atomic E-state index is 0.119. The Morgan fingerprint density at radius 3 is 2.94 bits per heavy atom. The average Bonchev–Trinajstić information content (AvgIpc) is 2.33. The van der Waals surface area contributed by atoms with Gasteiger partial charge in [-0.2, -0.15) is 0 Å². The molecular formula is C13H19FN2. The third kappa shape index (κ3) is 3.29. The van der Waals surface area contributed by atoms with Crippen molar-refractivity contribution >= 4 is 0 Å². The third-order valence-corrected chi connectivity index (χ3v) is 3.08. The van der Waals surface area contributed by atoms with Gasteiger partial charge < -0.3 is 10.6 Å². The van der Waals surface area contributed by atoms with E-state index in [1.54, 1.807) is 6.07 Å².